The fourth-order valence-electron chi connectivity index (χ4n) is 4.07. The molecule has 6 nitrogen and oxygen atoms in total. The predicted molar refractivity (Wildman–Crippen MR) is 105 cm³/mol. The van der Waals surface area contributed by atoms with Gasteiger partial charge in [0.1, 0.15) is 22.3 Å². The number of hydrogen-bond acceptors (Lipinski definition) is 7. The Hall–Kier alpha value is -2.28. The van der Waals surface area contributed by atoms with Crippen LogP contribution in [0, 0.1) is 6.92 Å². The van der Waals surface area contributed by atoms with Crippen LogP contribution < -0.4 is 9.80 Å². The highest BCUT2D eigenvalue weighted by Crippen LogP contribution is 2.39. The molecule has 0 atom stereocenters. The van der Waals surface area contributed by atoms with Crippen molar-refractivity contribution in [2.24, 2.45) is 0 Å². The van der Waals surface area contributed by atoms with E-state index in [0.29, 0.717) is 0 Å². The lowest BCUT2D eigenvalue weighted by atomic mass is 9.97. The fourth-order valence-corrected chi connectivity index (χ4v) is 5.37. The second kappa shape index (κ2) is 6.46. The summed E-state index contributed by atoms with van der Waals surface area (Å²) in [5.41, 5.74) is 1.52. The number of anilines is 2. The highest BCUT2D eigenvalue weighted by molar-refractivity contribution is 7.19. The molecule has 0 spiro atoms. The zero-order chi connectivity index (χ0) is 17.5. The number of thiophene rings is 1. The molecule has 0 N–H and O–H groups in total. The number of nitrogens with zero attached hydrogens (tertiary/aromatic N) is 6. The van der Waals surface area contributed by atoms with Crippen molar-refractivity contribution in [2.45, 2.75) is 32.6 Å². The normalized spacial score (nSPS) is 17.6. The van der Waals surface area contributed by atoms with Gasteiger partial charge in [-0.15, -0.1) is 11.3 Å². The van der Waals surface area contributed by atoms with E-state index in [2.05, 4.69) is 19.8 Å². The van der Waals surface area contributed by atoms with E-state index in [4.69, 9.17) is 9.97 Å². The Morgan fingerprint density at radius 3 is 2.58 bits per heavy atom. The van der Waals surface area contributed by atoms with Crippen molar-refractivity contribution in [1.29, 1.82) is 0 Å². The molecule has 4 heterocycles. The third-order valence-corrected chi connectivity index (χ3v) is 6.55. The molecule has 0 bridgehead atoms. The molecular weight excluding hydrogens is 344 g/mol. The minimum absolute atomic E-state index is 0.877. The van der Waals surface area contributed by atoms with Gasteiger partial charge in [-0.05, 0) is 38.2 Å². The maximum absolute atomic E-state index is 4.88. The summed E-state index contributed by atoms with van der Waals surface area (Å²) >= 11 is 1.88. The molecule has 0 unspecified atom stereocenters. The van der Waals surface area contributed by atoms with E-state index in [9.17, 15) is 0 Å². The quantitative estimate of drug-likeness (QED) is 0.695. The second-order valence-electron chi connectivity index (χ2n) is 7.02. The number of hydrogen-bond donors (Lipinski definition) is 0. The Kier molecular flexibility index (Phi) is 3.96. The third kappa shape index (κ3) is 2.70. The molecule has 134 valence electrons. The summed E-state index contributed by atoms with van der Waals surface area (Å²) in [6, 6.07) is 0. The Bertz CT molecular complexity index is 930. The Morgan fingerprint density at radius 1 is 0.962 bits per heavy atom. The van der Waals surface area contributed by atoms with Gasteiger partial charge in [0.25, 0.3) is 0 Å². The van der Waals surface area contributed by atoms with Crippen LogP contribution in [0.4, 0.5) is 11.6 Å². The first-order valence-corrected chi connectivity index (χ1v) is 10.2. The molecule has 7 heteroatoms. The first-order chi connectivity index (χ1) is 12.8. The van der Waals surface area contributed by atoms with Crippen LogP contribution >= 0.6 is 11.3 Å². The molecule has 1 saturated heterocycles. The summed E-state index contributed by atoms with van der Waals surface area (Å²) in [4.78, 5) is 25.7. The largest absolute Gasteiger partial charge is 0.352 e. The first-order valence-electron chi connectivity index (χ1n) is 9.34. The van der Waals surface area contributed by atoms with E-state index in [1.54, 1.807) is 12.4 Å². The summed E-state index contributed by atoms with van der Waals surface area (Å²) in [6.07, 6.45) is 10.3. The van der Waals surface area contributed by atoms with Crippen LogP contribution in [0.5, 0.6) is 0 Å². The van der Waals surface area contributed by atoms with Gasteiger partial charge in [-0.25, -0.2) is 15.0 Å². The van der Waals surface area contributed by atoms with E-state index in [1.807, 2.05) is 24.5 Å². The summed E-state index contributed by atoms with van der Waals surface area (Å²) in [6.45, 7) is 5.79. The minimum Gasteiger partial charge on any atom is -0.352 e. The first kappa shape index (κ1) is 15.9. The van der Waals surface area contributed by atoms with Crippen molar-refractivity contribution in [1.82, 2.24) is 19.9 Å². The average Bonchev–Trinajstić information content (AvgIpc) is 3.06. The van der Waals surface area contributed by atoms with Crippen molar-refractivity contribution in [3.63, 3.8) is 0 Å². The smallest absolute Gasteiger partial charge is 0.147 e. The van der Waals surface area contributed by atoms with Crippen molar-refractivity contribution in [2.75, 3.05) is 36.0 Å². The highest BCUT2D eigenvalue weighted by atomic mass is 32.1. The van der Waals surface area contributed by atoms with E-state index in [1.165, 1.54) is 46.3 Å². The van der Waals surface area contributed by atoms with E-state index in [-0.39, 0.29) is 0 Å². The zero-order valence-corrected chi connectivity index (χ0v) is 15.8. The number of fused-ring (bicyclic) bond motifs is 3. The lowest BCUT2D eigenvalue weighted by Gasteiger charge is -2.36. The molecule has 5 rings (SSSR count). The summed E-state index contributed by atoms with van der Waals surface area (Å²) in [5, 5.41) is 1.32. The topological polar surface area (TPSA) is 58.0 Å². The Morgan fingerprint density at radius 2 is 1.77 bits per heavy atom. The Balaban J connectivity index is 1.47. The van der Waals surface area contributed by atoms with Gasteiger partial charge < -0.3 is 9.80 Å². The number of piperazine rings is 1. The molecule has 0 saturated carbocycles. The molecule has 0 amide bonds. The second-order valence-corrected chi connectivity index (χ2v) is 8.11. The van der Waals surface area contributed by atoms with Crippen LogP contribution in [0.25, 0.3) is 10.2 Å². The van der Waals surface area contributed by atoms with E-state index < -0.39 is 0 Å². The van der Waals surface area contributed by atoms with Crippen molar-refractivity contribution in [3.8, 4) is 0 Å². The molecule has 26 heavy (non-hydrogen) atoms. The van der Waals surface area contributed by atoms with Gasteiger partial charge in [0.15, 0.2) is 0 Å². The van der Waals surface area contributed by atoms with Gasteiger partial charge in [-0.2, -0.15) is 0 Å². The van der Waals surface area contributed by atoms with Crippen LogP contribution in [0.3, 0.4) is 0 Å². The average molecular weight is 366 g/mol. The monoisotopic (exact) mass is 366 g/mol. The molecule has 3 aromatic heterocycles. The molecule has 0 radical (unpaired) electrons. The van der Waals surface area contributed by atoms with Crippen LogP contribution in [-0.4, -0.2) is 46.1 Å². The molecule has 1 aliphatic heterocycles. The lowest BCUT2D eigenvalue weighted by molar-refractivity contribution is 0.640. The minimum atomic E-state index is 0.877. The molecule has 3 aromatic rings. The van der Waals surface area contributed by atoms with Crippen molar-refractivity contribution < 1.29 is 0 Å². The van der Waals surface area contributed by atoms with Crippen molar-refractivity contribution in [3.05, 3.63) is 34.9 Å². The lowest BCUT2D eigenvalue weighted by Crippen LogP contribution is -2.47. The van der Waals surface area contributed by atoms with Crippen LogP contribution in [0.15, 0.2) is 18.6 Å². The number of aryl methyl sites for hydroxylation is 3. The highest BCUT2D eigenvalue weighted by Gasteiger charge is 2.26. The summed E-state index contributed by atoms with van der Waals surface area (Å²) in [5.74, 6) is 2.98. The Labute approximate surface area is 156 Å². The molecule has 2 aliphatic rings. The predicted octanol–water partition coefficient (Wildman–Crippen LogP) is 3.00. The molecule has 1 aliphatic carbocycles. The van der Waals surface area contributed by atoms with Gasteiger partial charge in [-0.3, -0.25) is 4.98 Å². The number of rotatable bonds is 2. The van der Waals surface area contributed by atoms with Crippen molar-refractivity contribution >= 4 is 33.2 Å². The third-order valence-electron chi connectivity index (χ3n) is 5.36. The SMILES string of the molecule is Cc1nc(N2CCN(c3cnccn3)CC2)c2c3c(sc2n1)CCCC3. The van der Waals surface area contributed by atoms with E-state index in [0.717, 1.165) is 43.6 Å². The fraction of sp³-hybridized carbons (Fsp3) is 0.474. The van der Waals surface area contributed by atoms with E-state index >= 15 is 0 Å². The molecular formula is C19H22N6S. The van der Waals surface area contributed by atoms with Crippen LogP contribution in [-0.2, 0) is 12.8 Å². The van der Waals surface area contributed by atoms with Gasteiger partial charge >= 0.3 is 0 Å². The molecule has 1 fully saturated rings. The number of aromatic nitrogens is 4. The maximum atomic E-state index is 4.88. The van der Waals surface area contributed by atoms with Crippen LogP contribution in [0.1, 0.15) is 29.1 Å². The standard InChI is InChI=1S/C19H22N6S/c1-13-22-18(17-14-4-2-3-5-15(14)26-19(17)23-13)25-10-8-24(9-11-25)16-12-20-6-7-21-16/h6-7,12H,2-5,8-11H2,1H3. The van der Waals surface area contributed by atoms with Crippen LogP contribution in [0.2, 0.25) is 0 Å². The maximum Gasteiger partial charge on any atom is 0.147 e. The van der Waals surface area contributed by atoms with Gasteiger partial charge in [-0.1, -0.05) is 0 Å². The summed E-state index contributed by atoms with van der Waals surface area (Å²) in [7, 11) is 0. The van der Waals surface area contributed by atoms with Gasteiger partial charge in [0, 0.05) is 43.4 Å². The summed E-state index contributed by atoms with van der Waals surface area (Å²) < 4.78 is 0. The zero-order valence-electron chi connectivity index (χ0n) is 15.0. The van der Waals surface area contributed by atoms with Gasteiger partial charge in [0.2, 0.25) is 0 Å². The molecule has 0 aromatic carbocycles. The van der Waals surface area contributed by atoms with Gasteiger partial charge in [0.05, 0.1) is 11.6 Å².